The number of ether oxygens (including phenoxy) is 2. The molecular formula is C18H19ClFNO2S. The van der Waals surface area contributed by atoms with E-state index in [4.69, 9.17) is 21.1 Å². The van der Waals surface area contributed by atoms with Gasteiger partial charge in [-0.2, -0.15) is 0 Å². The zero-order valence-electron chi connectivity index (χ0n) is 13.6. The Bertz CT molecular complexity index is 741. The van der Waals surface area contributed by atoms with Crippen molar-refractivity contribution in [1.29, 1.82) is 0 Å². The van der Waals surface area contributed by atoms with Crippen LogP contribution in [-0.4, -0.2) is 20.0 Å². The molecule has 0 amide bonds. The Morgan fingerprint density at radius 3 is 2.83 bits per heavy atom. The number of rotatable bonds is 5. The molecule has 0 aliphatic carbocycles. The second-order valence-corrected chi connectivity index (χ2v) is 7.11. The first kappa shape index (κ1) is 17.4. The van der Waals surface area contributed by atoms with E-state index < -0.39 is 0 Å². The van der Waals surface area contributed by atoms with E-state index >= 15 is 0 Å². The van der Waals surface area contributed by atoms with Gasteiger partial charge in [-0.25, -0.2) is 4.39 Å². The highest BCUT2D eigenvalue weighted by Gasteiger charge is 2.21. The average Bonchev–Trinajstić information content (AvgIpc) is 2.59. The van der Waals surface area contributed by atoms with Crippen LogP contribution in [0.1, 0.15) is 23.6 Å². The molecule has 1 heterocycles. The van der Waals surface area contributed by atoms with Crippen molar-refractivity contribution >= 4 is 23.4 Å². The summed E-state index contributed by atoms with van der Waals surface area (Å²) in [6, 6.07) is 8.89. The predicted octanol–water partition coefficient (Wildman–Crippen LogP) is 4.82. The van der Waals surface area contributed by atoms with Gasteiger partial charge < -0.3 is 14.8 Å². The van der Waals surface area contributed by atoms with Crippen LogP contribution in [0.4, 0.5) is 4.39 Å². The smallest absolute Gasteiger partial charge is 0.179 e. The summed E-state index contributed by atoms with van der Waals surface area (Å²) in [5.41, 5.74) is 2.02. The summed E-state index contributed by atoms with van der Waals surface area (Å²) in [5.74, 6) is 1.96. The Kier molecular flexibility index (Phi) is 5.54. The van der Waals surface area contributed by atoms with Crippen molar-refractivity contribution in [3.63, 3.8) is 0 Å². The molecule has 2 aromatic carbocycles. The molecule has 1 aliphatic heterocycles. The van der Waals surface area contributed by atoms with Crippen LogP contribution in [0.3, 0.4) is 0 Å². The van der Waals surface area contributed by atoms with Crippen molar-refractivity contribution in [1.82, 2.24) is 5.32 Å². The van der Waals surface area contributed by atoms with Crippen molar-refractivity contribution in [3.8, 4) is 11.5 Å². The number of methoxy groups -OCH3 is 2. The van der Waals surface area contributed by atoms with Gasteiger partial charge in [-0.3, -0.25) is 0 Å². The molecule has 3 rings (SSSR count). The van der Waals surface area contributed by atoms with Gasteiger partial charge in [0, 0.05) is 17.5 Å². The Labute approximate surface area is 150 Å². The molecule has 24 heavy (non-hydrogen) atoms. The third-order valence-corrected chi connectivity index (χ3v) is 5.46. The fraction of sp³-hybridized carbons (Fsp3) is 0.333. The average molecular weight is 368 g/mol. The molecule has 0 aromatic heterocycles. The van der Waals surface area contributed by atoms with Gasteiger partial charge in [-0.15, -0.1) is 11.8 Å². The van der Waals surface area contributed by atoms with Gasteiger partial charge >= 0.3 is 0 Å². The molecule has 0 saturated carbocycles. The highest BCUT2D eigenvalue weighted by Crippen LogP contribution is 2.38. The summed E-state index contributed by atoms with van der Waals surface area (Å²) in [6.07, 6.45) is 0.960. The molecule has 1 atom stereocenters. The maximum absolute atomic E-state index is 13.6. The summed E-state index contributed by atoms with van der Waals surface area (Å²) < 4.78 is 24.2. The lowest BCUT2D eigenvalue weighted by molar-refractivity contribution is 0.354. The lowest BCUT2D eigenvalue weighted by Gasteiger charge is -2.26. The van der Waals surface area contributed by atoms with E-state index in [2.05, 4.69) is 5.32 Å². The molecule has 1 N–H and O–H groups in total. The highest BCUT2D eigenvalue weighted by molar-refractivity contribution is 7.99. The van der Waals surface area contributed by atoms with Crippen molar-refractivity contribution < 1.29 is 13.9 Å². The molecule has 0 spiro atoms. The van der Waals surface area contributed by atoms with Crippen molar-refractivity contribution in [2.24, 2.45) is 0 Å². The van der Waals surface area contributed by atoms with Crippen molar-refractivity contribution in [2.75, 3.05) is 20.0 Å². The van der Waals surface area contributed by atoms with E-state index in [1.54, 1.807) is 32.0 Å². The second kappa shape index (κ2) is 7.64. The molecular weight excluding hydrogens is 349 g/mol. The number of halogens is 2. The molecule has 0 fully saturated rings. The number of nitrogens with one attached hydrogen (secondary N) is 1. The molecule has 0 bridgehead atoms. The number of benzene rings is 2. The Hall–Kier alpha value is -1.43. The molecule has 1 aliphatic rings. The largest absolute Gasteiger partial charge is 0.493 e. The maximum Gasteiger partial charge on any atom is 0.179 e. The summed E-state index contributed by atoms with van der Waals surface area (Å²) in [5, 5.41) is 4.02. The van der Waals surface area contributed by atoms with E-state index in [1.807, 2.05) is 18.2 Å². The topological polar surface area (TPSA) is 30.5 Å². The van der Waals surface area contributed by atoms with Crippen molar-refractivity contribution in [2.45, 2.75) is 23.9 Å². The third kappa shape index (κ3) is 3.63. The van der Waals surface area contributed by atoms with Gasteiger partial charge in [0.05, 0.1) is 19.2 Å². The number of hydrogen-bond acceptors (Lipinski definition) is 4. The fourth-order valence-electron chi connectivity index (χ4n) is 2.89. The zero-order chi connectivity index (χ0) is 17.1. The van der Waals surface area contributed by atoms with Gasteiger partial charge in [0.25, 0.3) is 0 Å². The first-order chi connectivity index (χ1) is 11.6. The molecule has 1 unspecified atom stereocenters. The number of hydrogen-bond donors (Lipinski definition) is 1. The standard InChI is InChI=1S/C18H19ClFNO2S/c1-22-16-8-11(7-14(19)18(16)23-2)10-21-15-5-6-24-17-4-3-12(20)9-13(15)17/h3-4,7-9,15,21H,5-6,10H2,1-2H3. The van der Waals surface area contributed by atoms with Crippen LogP contribution in [0.25, 0.3) is 0 Å². The quantitative estimate of drug-likeness (QED) is 0.820. The normalized spacial score (nSPS) is 16.6. The zero-order valence-corrected chi connectivity index (χ0v) is 15.1. The van der Waals surface area contributed by atoms with Crippen LogP contribution < -0.4 is 14.8 Å². The van der Waals surface area contributed by atoms with Gasteiger partial charge in [-0.1, -0.05) is 11.6 Å². The van der Waals surface area contributed by atoms with E-state index in [0.717, 1.165) is 28.2 Å². The van der Waals surface area contributed by atoms with Crippen LogP contribution in [-0.2, 0) is 6.54 Å². The summed E-state index contributed by atoms with van der Waals surface area (Å²) >= 11 is 8.02. The second-order valence-electron chi connectivity index (χ2n) is 5.57. The number of fused-ring (bicyclic) bond motifs is 1. The van der Waals surface area contributed by atoms with E-state index in [0.29, 0.717) is 23.1 Å². The van der Waals surface area contributed by atoms with Crippen LogP contribution in [0.15, 0.2) is 35.2 Å². The maximum atomic E-state index is 13.6. The van der Waals surface area contributed by atoms with Gasteiger partial charge in [0.15, 0.2) is 11.5 Å². The molecule has 0 saturated heterocycles. The Balaban J connectivity index is 1.78. The fourth-order valence-corrected chi connectivity index (χ4v) is 4.31. The lowest BCUT2D eigenvalue weighted by Crippen LogP contribution is -2.24. The van der Waals surface area contributed by atoms with Crippen LogP contribution in [0.2, 0.25) is 5.02 Å². The van der Waals surface area contributed by atoms with Crippen LogP contribution >= 0.6 is 23.4 Å². The number of thioether (sulfide) groups is 1. The van der Waals surface area contributed by atoms with Crippen molar-refractivity contribution in [3.05, 3.63) is 52.3 Å². The monoisotopic (exact) mass is 367 g/mol. The van der Waals surface area contributed by atoms with E-state index in [1.165, 1.54) is 6.07 Å². The SMILES string of the molecule is COc1cc(CNC2CCSc3ccc(F)cc32)cc(Cl)c1OC. The Morgan fingerprint density at radius 1 is 1.25 bits per heavy atom. The summed E-state index contributed by atoms with van der Waals surface area (Å²) in [4.78, 5) is 1.14. The van der Waals surface area contributed by atoms with Gasteiger partial charge in [-0.05, 0) is 53.6 Å². The van der Waals surface area contributed by atoms with Crippen LogP contribution in [0, 0.1) is 5.82 Å². The third-order valence-electron chi connectivity index (χ3n) is 4.06. The Morgan fingerprint density at radius 2 is 2.08 bits per heavy atom. The van der Waals surface area contributed by atoms with E-state index in [9.17, 15) is 4.39 Å². The predicted molar refractivity (Wildman–Crippen MR) is 95.9 cm³/mol. The molecule has 0 radical (unpaired) electrons. The highest BCUT2D eigenvalue weighted by atomic mass is 35.5. The van der Waals surface area contributed by atoms with Crippen LogP contribution in [0.5, 0.6) is 11.5 Å². The minimum absolute atomic E-state index is 0.129. The molecule has 128 valence electrons. The molecule has 6 heteroatoms. The van der Waals surface area contributed by atoms with Gasteiger partial charge in [0.1, 0.15) is 5.82 Å². The van der Waals surface area contributed by atoms with Gasteiger partial charge in [0.2, 0.25) is 0 Å². The molecule has 3 nitrogen and oxygen atoms in total. The van der Waals surface area contributed by atoms with E-state index in [-0.39, 0.29) is 11.9 Å². The molecule has 2 aromatic rings. The first-order valence-corrected chi connectivity index (χ1v) is 9.04. The summed E-state index contributed by atoms with van der Waals surface area (Å²) in [6.45, 7) is 0.616. The minimum Gasteiger partial charge on any atom is -0.493 e. The minimum atomic E-state index is -0.197. The summed E-state index contributed by atoms with van der Waals surface area (Å²) in [7, 11) is 3.15. The first-order valence-electron chi connectivity index (χ1n) is 7.68. The lowest BCUT2D eigenvalue weighted by atomic mass is 10.0.